The van der Waals surface area contributed by atoms with Crippen molar-refractivity contribution in [2.45, 2.75) is 20.8 Å². The molecule has 0 unspecified atom stereocenters. The number of anilines is 1. The fourth-order valence-electron chi connectivity index (χ4n) is 1.87. The van der Waals surface area contributed by atoms with Crippen LogP contribution in [0, 0.1) is 13.8 Å². The summed E-state index contributed by atoms with van der Waals surface area (Å²) in [6, 6.07) is 4.04. The molecule has 0 aromatic heterocycles. The molecule has 1 rings (SSSR count). The highest BCUT2D eigenvalue weighted by molar-refractivity contribution is 5.60. The van der Waals surface area contributed by atoms with Crippen LogP contribution < -0.4 is 10.1 Å². The minimum atomic E-state index is 0.406. The van der Waals surface area contributed by atoms with Crippen LogP contribution in [-0.2, 0) is 9.57 Å². The second-order valence-electron chi connectivity index (χ2n) is 4.47. The minimum Gasteiger partial charge on any atom is -0.490 e. The Morgan fingerprint density at radius 2 is 1.90 bits per heavy atom. The number of nitrogens with zero attached hydrogens (tertiary/aromatic N) is 1. The SMILES string of the molecule is C/C=C/COc1cc(C)c(NCOC/C=N/OC)c(C)c1. The molecule has 5 nitrogen and oxygen atoms in total. The zero-order valence-corrected chi connectivity index (χ0v) is 13.2. The molecule has 0 spiro atoms. The third-order valence-electron chi connectivity index (χ3n) is 2.81. The predicted octanol–water partition coefficient (Wildman–Crippen LogP) is 3.28. The van der Waals surface area contributed by atoms with Crippen LogP contribution in [0.2, 0.25) is 0 Å². The Balaban J connectivity index is 2.53. The maximum absolute atomic E-state index is 5.66. The molecule has 1 N–H and O–H groups in total. The highest BCUT2D eigenvalue weighted by Crippen LogP contribution is 2.26. The van der Waals surface area contributed by atoms with Crippen molar-refractivity contribution in [2.75, 3.05) is 32.4 Å². The van der Waals surface area contributed by atoms with E-state index in [1.807, 2.05) is 45.1 Å². The molecule has 0 saturated heterocycles. The van der Waals surface area contributed by atoms with Gasteiger partial charge in [0.25, 0.3) is 0 Å². The zero-order valence-electron chi connectivity index (χ0n) is 13.2. The van der Waals surface area contributed by atoms with Crippen molar-refractivity contribution in [1.29, 1.82) is 0 Å². The number of nitrogens with one attached hydrogen (secondary N) is 1. The van der Waals surface area contributed by atoms with Crippen molar-refractivity contribution in [3.8, 4) is 5.75 Å². The van der Waals surface area contributed by atoms with Gasteiger partial charge in [0.05, 0.1) is 12.8 Å². The van der Waals surface area contributed by atoms with Gasteiger partial charge < -0.3 is 19.6 Å². The molecule has 0 aliphatic carbocycles. The molecule has 116 valence electrons. The van der Waals surface area contributed by atoms with Crippen LogP contribution in [0.15, 0.2) is 29.4 Å². The van der Waals surface area contributed by atoms with Crippen LogP contribution in [0.3, 0.4) is 0 Å². The highest BCUT2D eigenvalue weighted by Gasteiger charge is 2.05. The molecule has 1 aromatic carbocycles. The predicted molar refractivity (Wildman–Crippen MR) is 86.2 cm³/mol. The Bertz CT molecular complexity index is 461. The van der Waals surface area contributed by atoms with Gasteiger partial charge in [-0.3, -0.25) is 0 Å². The van der Waals surface area contributed by atoms with Gasteiger partial charge in [-0.25, -0.2) is 0 Å². The lowest BCUT2D eigenvalue weighted by atomic mass is 10.1. The van der Waals surface area contributed by atoms with E-state index in [2.05, 4.69) is 15.3 Å². The first kappa shape index (κ1) is 17.0. The molecule has 0 bridgehead atoms. The Hall–Kier alpha value is -2.01. The summed E-state index contributed by atoms with van der Waals surface area (Å²) in [4.78, 5) is 4.55. The minimum absolute atomic E-state index is 0.406. The van der Waals surface area contributed by atoms with Crippen molar-refractivity contribution < 1.29 is 14.3 Å². The maximum atomic E-state index is 5.66. The maximum Gasteiger partial charge on any atom is 0.120 e. The van der Waals surface area contributed by atoms with Gasteiger partial charge >= 0.3 is 0 Å². The van der Waals surface area contributed by atoms with Crippen LogP contribution in [0.1, 0.15) is 18.1 Å². The van der Waals surface area contributed by atoms with E-state index in [0.29, 0.717) is 19.9 Å². The summed E-state index contributed by atoms with van der Waals surface area (Å²) < 4.78 is 11.0. The molecule has 0 aliphatic rings. The van der Waals surface area contributed by atoms with E-state index in [1.165, 1.54) is 7.11 Å². The van der Waals surface area contributed by atoms with Gasteiger partial charge in [0, 0.05) is 5.69 Å². The molecule has 0 atom stereocenters. The summed E-state index contributed by atoms with van der Waals surface area (Å²) >= 11 is 0. The number of hydrogen-bond acceptors (Lipinski definition) is 5. The number of ether oxygens (including phenoxy) is 2. The van der Waals surface area contributed by atoms with Crippen molar-refractivity contribution >= 4 is 11.9 Å². The number of oxime groups is 1. The monoisotopic (exact) mass is 292 g/mol. The lowest BCUT2D eigenvalue weighted by molar-refractivity contribution is 0.182. The molecule has 1 aromatic rings. The highest BCUT2D eigenvalue weighted by atomic mass is 16.6. The average Bonchev–Trinajstić information content (AvgIpc) is 2.45. The van der Waals surface area contributed by atoms with Gasteiger partial charge in [0.2, 0.25) is 0 Å². The summed E-state index contributed by atoms with van der Waals surface area (Å²) in [6.45, 7) is 7.47. The van der Waals surface area contributed by atoms with Crippen LogP contribution in [0.5, 0.6) is 5.75 Å². The quantitative estimate of drug-likeness (QED) is 0.249. The smallest absolute Gasteiger partial charge is 0.120 e. The van der Waals surface area contributed by atoms with Gasteiger partial charge in [-0.15, -0.1) is 0 Å². The third kappa shape index (κ3) is 6.31. The molecule has 21 heavy (non-hydrogen) atoms. The van der Waals surface area contributed by atoms with Crippen LogP contribution in [0.25, 0.3) is 0 Å². The van der Waals surface area contributed by atoms with Crippen molar-refractivity contribution in [1.82, 2.24) is 0 Å². The molecule has 0 amide bonds. The molecule has 0 fully saturated rings. The largest absolute Gasteiger partial charge is 0.490 e. The van der Waals surface area contributed by atoms with Crippen LogP contribution in [0.4, 0.5) is 5.69 Å². The molecule has 0 saturated carbocycles. The normalized spacial score (nSPS) is 11.2. The van der Waals surface area contributed by atoms with Gasteiger partial charge in [-0.05, 0) is 44.0 Å². The van der Waals surface area contributed by atoms with Crippen LogP contribution in [-0.4, -0.2) is 33.3 Å². The van der Waals surface area contributed by atoms with E-state index in [9.17, 15) is 0 Å². The second-order valence-corrected chi connectivity index (χ2v) is 4.47. The number of rotatable bonds is 9. The van der Waals surface area contributed by atoms with Gasteiger partial charge in [0.15, 0.2) is 0 Å². The van der Waals surface area contributed by atoms with E-state index in [0.717, 1.165) is 22.6 Å². The lowest BCUT2D eigenvalue weighted by Crippen LogP contribution is -2.10. The van der Waals surface area contributed by atoms with Crippen molar-refractivity contribution in [2.24, 2.45) is 5.16 Å². The fraction of sp³-hybridized carbons (Fsp3) is 0.438. The summed E-state index contributed by atoms with van der Waals surface area (Å²) in [6.07, 6.45) is 5.52. The first-order valence-electron chi connectivity index (χ1n) is 6.90. The van der Waals surface area contributed by atoms with E-state index in [-0.39, 0.29) is 0 Å². The topological polar surface area (TPSA) is 52.1 Å². The standard InChI is InChI=1S/C16H24N2O3/c1-5-6-8-21-15-10-13(2)16(14(3)11-15)17-12-20-9-7-18-19-4/h5-7,10-11,17H,8-9,12H2,1-4H3/b6-5+,18-7+. The Labute approximate surface area is 126 Å². The Morgan fingerprint density at radius 3 is 2.52 bits per heavy atom. The summed E-state index contributed by atoms with van der Waals surface area (Å²) in [5.41, 5.74) is 3.32. The van der Waals surface area contributed by atoms with Crippen molar-refractivity contribution in [3.63, 3.8) is 0 Å². The van der Waals surface area contributed by atoms with E-state index >= 15 is 0 Å². The van der Waals surface area contributed by atoms with E-state index in [1.54, 1.807) is 6.21 Å². The zero-order chi connectivity index (χ0) is 15.5. The van der Waals surface area contributed by atoms with Crippen molar-refractivity contribution in [3.05, 3.63) is 35.4 Å². The first-order chi connectivity index (χ1) is 10.2. The molecule has 0 radical (unpaired) electrons. The van der Waals surface area contributed by atoms with Crippen LogP contribution >= 0.6 is 0 Å². The molecule has 5 heteroatoms. The molecule has 0 heterocycles. The van der Waals surface area contributed by atoms with Gasteiger partial charge in [-0.2, -0.15) is 0 Å². The summed E-state index contributed by atoms with van der Waals surface area (Å²) in [5, 5.41) is 6.86. The molecule has 0 aliphatic heterocycles. The summed E-state index contributed by atoms with van der Waals surface area (Å²) in [5.74, 6) is 0.877. The number of allylic oxidation sites excluding steroid dienone is 1. The number of aryl methyl sites for hydroxylation is 2. The Kier molecular flexibility index (Phi) is 7.97. The van der Waals surface area contributed by atoms with E-state index in [4.69, 9.17) is 9.47 Å². The Morgan fingerprint density at radius 1 is 1.19 bits per heavy atom. The number of hydrogen-bond donors (Lipinski definition) is 1. The molecular weight excluding hydrogens is 268 g/mol. The number of benzene rings is 1. The fourth-order valence-corrected chi connectivity index (χ4v) is 1.87. The van der Waals surface area contributed by atoms with Gasteiger partial charge in [-0.1, -0.05) is 17.3 Å². The third-order valence-corrected chi connectivity index (χ3v) is 2.81. The lowest BCUT2D eigenvalue weighted by Gasteiger charge is -2.14. The van der Waals surface area contributed by atoms with E-state index < -0.39 is 0 Å². The average molecular weight is 292 g/mol. The first-order valence-corrected chi connectivity index (χ1v) is 6.90. The summed E-state index contributed by atoms with van der Waals surface area (Å²) in [7, 11) is 1.50. The van der Waals surface area contributed by atoms with Gasteiger partial charge in [0.1, 0.15) is 26.2 Å². The molecular formula is C16H24N2O3. The second kappa shape index (κ2) is 9.83.